The first-order valence-electron chi connectivity index (χ1n) is 5.06. The Morgan fingerprint density at radius 3 is 2.62 bits per heavy atom. The fourth-order valence-corrected chi connectivity index (χ4v) is 1.32. The number of hydrogen-bond donors (Lipinski definition) is 1. The third-order valence-corrected chi connectivity index (χ3v) is 2.60. The van der Waals surface area contributed by atoms with Gasteiger partial charge < -0.3 is 19.8 Å². The summed E-state index contributed by atoms with van der Waals surface area (Å²) >= 11 is 0. The van der Waals surface area contributed by atoms with E-state index < -0.39 is 11.0 Å². The fourth-order valence-electron chi connectivity index (χ4n) is 1.32. The average molecular weight is 227 g/mol. The molecule has 16 heavy (non-hydrogen) atoms. The van der Waals surface area contributed by atoms with E-state index in [0.717, 1.165) is 0 Å². The number of hydrogen-bond acceptors (Lipinski definition) is 4. The first kappa shape index (κ1) is 12.6. The number of nitro groups is 1. The lowest BCUT2D eigenvalue weighted by atomic mass is 9.86. The quantitative estimate of drug-likeness (QED) is 0.623. The van der Waals surface area contributed by atoms with Crippen molar-refractivity contribution in [3.05, 3.63) is 22.1 Å². The van der Waals surface area contributed by atoms with Gasteiger partial charge in [0, 0.05) is 13.5 Å². The van der Waals surface area contributed by atoms with E-state index in [9.17, 15) is 15.2 Å². The summed E-state index contributed by atoms with van der Waals surface area (Å²) in [6, 6.07) is 0. The zero-order valence-corrected chi connectivity index (χ0v) is 9.97. The normalized spacial score (nSPS) is 13.8. The summed E-state index contributed by atoms with van der Waals surface area (Å²) in [4.78, 5) is 13.9. The molecule has 0 amide bonds. The summed E-state index contributed by atoms with van der Waals surface area (Å²) in [6.07, 6.45) is 0.987. The molecule has 0 radical (unpaired) electrons. The molecule has 1 unspecified atom stereocenters. The number of aryl methyl sites for hydroxylation is 1. The molecule has 1 aromatic heterocycles. The minimum absolute atomic E-state index is 0.175. The van der Waals surface area contributed by atoms with Crippen LogP contribution in [0, 0.1) is 15.5 Å². The van der Waals surface area contributed by atoms with Gasteiger partial charge in [0.1, 0.15) is 5.69 Å². The molecule has 1 heterocycles. The Bertz CT molecular complexity index is 393. The molecule has 0 aromatic carbocycles. The molecule has 1 rings (SSSR count). The van der Waals surface area contributed by atoms with Crippen LogP contribution in [-0.4, -0.2) is 25.7 Å². The second-order valence-corrected chi connectivity index (χ2v) is 4.97. The van der Waals surface area contributed by atoms with Crippen LogP contribution in [0.15, 0.2) is 6.33 Å². The van der Waals surface area contributed by atoms with E-state index in [1.807, 2.05) is 20.8 Å². The Hall–Kier alpha value is -1.43. The van der Waals surface area contributed by atoms with Gasteiger partial charge in [0.05, 0.1) is 6.10 Å². The maximum atomic E-state index is 10.7. The SMILES string of the molecule is Cn1cnc([N+](=O)[O-])c1CC(O)C(C)(C)C. The third kappa shape index (κ3) is 2.57. The maximum Gasteiger partial charge on any atom is 0.384 e. The monoisotopic (exact) mass is 227 g/mol. The molecular weight excluding hydrogens is 210 g/mol. The molecule has 6 heteroatoms. The van der Waals surface area contributed by atoms with Crippen molar-refractivity contribution in [2.24, 2.45) is 12.5 Å². The van der Waals surface area contributed by atoms with Crippen LogP contribution < -0.4 is 0 Å². The van der Waals surface area contributed by atoms with Crippen molar-refractivity contribution in [1.82, 2.24) is 9.55 Å². The number of aliphatic hydroxyl groups excluding tert-OH is 1. The minimum Gasteiger partial charge on any atom is -0.392 e. The third-order valence-electron chi connectivity index (χ3n) is 2.60. The van der Waals surface area contributed by atoms with Crippen LogP contribution >= 0.6 is 0 Å². The fraction of sp³-hybridized carbons (Fsp3) is 0.700. The van der Waals surface area contributed by atoms with Crippen molar-refractivity contribution < 1.29 is 10.0 Å². The van der Waals surface area contributed by atoms with Crippen molar-refractivity contribution >= 4 is 5.82 Å². The van der Waals surface area contributed by atoms with E-state index in [1.54, 1.807) is 11.6 Å². The molecule has 0 saturated heterocycles. The van der Waals surface area contributed by atoms with Crippen LogP contribution in [0.4, 0.5) is 5.82 Å². The summed E-state index contributed by atoms with van der Waals surface area (Å²) in [7, 11) is 1.69. The summed E-state index contributed by atoms with van der Waals surface area (Å²) < 4.78 is 1.58. The Morgan fingerprint density at radius 1 is 1.62 bits per heavy atom. The molecule has 0 bridgehead atoms. The molecule has 1 atom stereocenters. The highest BCUT2D eigenvalue weighted by atomic mass is 16.6. The maximum absolute atomic E-state index is 10.7. The molecular formula is C10H17N3O3. The minimum atomic E-state index is -0.637. The lowest BCUT2D eigenvalue weighted by Crippen LogP contribution is -2.29. The first-order chi connectivity index (χ1) is 7.23. The van der Waals surface area contributed by atoms with Crippen LogP contribution in [0.3, 0.4) is 0 Å². The van der Waals surface area contributed by atoms with E-state index in [0.29, 0.717) is 5.69 Å². The predicted molar refractivity (Wildman–Crippen MR) is 59.0 cm³/mol. The number of aromatic nitrogens is 2. The Labute approximate surface area is 94.1 Å². The molecule has 6 nitrogen and oxygen atoms in total. The van der Waals surface area contributed by atoms with Crippen LogP contribution in [0.1, 0.15) is 26.5 Å². The van der Waals surface area contributed by atoms with E-state index >= 15 is 0 Å². The summed E-state index contributed by atoms with van der Waals surface area (Å²) in [5.74, 6) is -0.175. The summed E-state index contributed by atoms with van der Waals surface area (Å²) in [5, 5.41) is 20.6. The average Bonchev–Trinajstić information content (AvgIpc) is 2.46. The zero-order valence-electron chi connectivity index (χ0n) is 9.97. The van der Waals surface area contributed by atoms with Crippen molar-refractivity contribution in [3.8, 4) is 0 Å². The highest BCUT2D eigenvalue weighted by Crippen LogP contribution is 2.25. The predicted octanol–water partition coefficient (Wildman–Crippen LogP) is 1.28. The molecule has 0 aliphatic carbocycles. The molecule has 0 aliphatic heterocycles. The molecule has 0 spiro atoms. The van der Waals surface area contributed by atoms with Gasteiger partial charge in [-0.15, -0.1) is 0 Å². The Balaban J connectivity index is 2.97. The van der Waals surface area contributed by atoms with E-state index in [1.165, 1.54) is 6.33 Å². The zero-order chi connectivity index (χ0) is 12.5. The van der Waals surface area contributed by atoms with E-state index in [-0.39, 0.29) is 17.7 Å². The molecule has 1 N–H and O–H groups in total. The molecule has 0 fully saturated rings. The largest absolute Gasteiger partial charge is 0.392 e. The van der Waals surface area contributed by atoms with E-state index in [2.05, 4.69) is 4.98 Å². The van der Waals surface area contributed by atoms with Gasteiger partial charge in [-0.2, -0.15) is 0 Å². The van der Waals surface area contributed by atoms with Gasteiger partial charge >= 0.3 is 5.82 Å². The Morgan fingerprint density at radius 2 is 2.19 bits per heavy atom. The van der Waals surface area contributed by atoms with Gasteiger partial charge in [-0.25, -0.2) is 0 Å². The topological polar surface area (TPSA) is 81.2 Å². The highest BCUT2D eigenvalue weighted by molar-refractivity contribution is 5.27. The Kier molecular flexibility index (Phi) is 3.32. The van der Waals surface area contributed by atoms with Crippen molar-refractivity contribution in [2.45, 2.75) is 33.3 Å². The second-order valence-electron chi connectivity index (χ2n) is 4.97. The number of aliphatic hydroxyl groups is 1. The van der Waals surface area contributed by atoms with Gasteiger partial charge in [-0.3, -0.25) is 0 Å². The molecule has 90 valence electrons. The van der Waals surface area contributed by atoms with Crippen LogP contribution in [0.2, 0.25) is 0 Å². The number of rotatable bonds is 3. The summed E-state index contributed by atoms with van der Waals surface area (Å²) in [5.41, 5.74) is 0.144. The van der Waals surface area contributed by atoms with Crippen LogP contribution in [0.25, 0.3) is 0 Å². The molecule has 1 aromatic rings. The van der Waals surface area contributed by atoms with E-state index in [4.69, 9.17) is 0 Å². The van der Waals surface area contributed by atoms with Crippen molar-refractivity contribution in [1.29, 1.82) is 0 Å². The van der Waals surface area contributed by atoms with Crippen LogP contribution in [-0.2, 0) is 13.5 Å². The molecule has 0 saturated carbocycles. The van der Waals surface area contributed by atoms with Gasteiger partial charge in [0.15, 0.2) is 0 Å². The van der Waals surface area contributed by atoms with Crippen molar-refractivity contribution in [2.75, 3.05) is 0 Å². The lowest BCUT2D eigenvalue weighted by molar-refractivity contribution is -0.390. The smallest absolute Gasteiger partial charge is 0.384 e. The van der Waals surface area contributed by atoms with Gasteiger partial charge in [-0.05, 0) is 15.3 Å². The van der Waals surface area contributed by atoms with Gasteiger partial charge in [0.25, 0.3) is 0 Å². The molecule has 0 aliphatic rings. The van der Waals surface area contributed by atoms with Crippen molar-refractivity contribution in [3.63, 3.8) is 0 Å². The highest BCUT2D eigenvalue weighted by Gasteiger charge is 2.28. The standard InChI is InChI=1S/C10H17N3O3/c1-10(2,3)8(14)5-7-9(13(15)16)11-6-12(7)4/h6,8,14H,5H2,1-4H3. The summed E-state index contributed by atoms with van der Waals surface area (Å²) in [6.45, 7) is 5.67. The second kappa shape index (κ2) is 4.21. The van der Waals surface area contributed by atoms with Gasteiger partial charge in [-0.1, -0.05) is 20.8 Å². The number of imidazole rings is 1. The van der Waals surface area contributed by atoms with Gasteiger partial charge in [0.2, 0.25) is 6.33 Å². The number of nitrogens with zero attached hydrogens (tertiary/aromatic N) is 3. The van der Waals surface area contributed by atoms with Crippen LogP contribution in [0.5, 0.6) is 0 Å². The first-order valence-corrected chi connectivity index (χ1v) is 5.06. The lowest BCUT2D eigenvalue weighted by Gasteiger charge is -2.25.